The Morgan fingerprint density at radius 1 is 1.19 bits per heavy atom. The summed E-state index contributed by atoms with van der Waals surface area (Å²) in [6.45, 7) is 2.96. The molecule has 1 saturated heterocycles. The van der Waals surface area contributed by atoms with Gasteiger partial charge in [0.05, 0.1) is 11.7 Å². The Kier molecular flexibility index (Phi) is 4.93. The molecule has 1 fully saturated rings. The standard InChI is InChI=1S/C20H28N6/c21-20(22)26-19-16(10-4-6-12-23-19)18(24-26)17-11-5-7-13-25(17)14-15-8-2-1-3-9-15/h1-3,8-9,17,23H,4-7,10-14H2,(H3,21,22). The van der Waals surface area contributed by atoms with Gasteiger partial charge in [-0.2, -0.15) is 9.78 Å². The van der Waals surface area contributed by atoms with Crippen molar-refractivity contribution < 1.29 is 0 Å². The molecule has 2 aromatic rings. The second-order valence-corrected chi connectivity index (χ2v) is 7.36. The van der Waals surface area contributed by atoms with Gasteiger partial charge in [0.25, 0.3) is 0 Å². The molecular weight excluding hydrogens is 324 g/mol. The van der Waals surface area contributed by atoms with Crippen molar-refractivity contribution in [2.24, 2.45) is 5.73 Å². The van der Waals surface area contributed by atoms with Crippen molar-refractivity contribution >= 4 is 11.8 Å². The molecule has 4 rings (SSSR count). The van der Waals surface area contributed by atoms with Crippen molar-refractivity contribution in [2.45, 2.75) is 51.1 Å². The van der Waals surface area contributed by atoms with E-state index in [1.54, 1.807) is 4.68 Å². The highest BCUT2D eigenvalue weighted by Gasteiger charge is 2.31. The number of nitrogens with two attached hydrogens (primary N) is 1. The number of aromatic nitrogens is 2. The highest BCUT2D eigenvalue weighted by molar-refractivity contribution is 5.81. The number of nitrogens with one attached hydrogen (secondary N) is 2. The Bertz CT molecular complexity index is 766. The van der Waals surface area contributed by atoms with Gasteiger partial charge in [0.2, 0.25) is 5.96 Å². The molecule has 0 amide bonds. The van der Waals surface area contributed by atoms with E-state index in [1.165, 1.54) is 24.0 Å². The molecule has 1 aromatic heterocycles. The molecule has 0 saturated carbocycles. The lowest BCUT2D eigenvalue weighted by molar-refractivity contribution is 0.136. The fourth-order valence-corrected chi connectivity index (χ4v) is 4.28. The summed E-state index contributed by atoms with van der Waals surface area (Å²) in [6, 6.07) is 11.0. The van der Waals surface area contributed by atoms with E-state index in [0.717, 1.165) is 56.8 Å². The molecule has 1 unspecified atom stereocenters. The van der Waals surface area contributed by atoms with Gasteiger partial charge in [-0.25, -0.2) is 0 Å². The van der Waals surface area contributed by atoms with Crippen LogP contribution in [0, 0.1) is 5.41 Å². The van der Waals surface area contributed by atoms with Crippen LogP contribution in [-0.4, -0.2) is 33.7 Å². The quantitative estimate of drug-likeness (QED) is 0.585. The van der Waals surface area contributed by atoms with Crippen molar-refractivity contribution in [1.29, 1.82) is 5.41 Å². The number of piperidine rings is 1. The van der Waals surface area contributed by atoms with Crippen LogP contribution >= 0.6 is 0 Å². The minimum absolute atomic E-state index is 0.00711. The minimum atomic E-state index is -0.00711. The molecule has 6 heteroatoms. The van der Waals surface area contributed by atoms with E-state index in [-0.39, 0.29) is 5.96 Å². The SMILES string of the molecule is N=C(N)n1nc(C2CCCCN2Cc2ccccc2)c2c1NCCCC2. The molecule has 6 nitrogen and oxygen atoms in total. The highest BCUT2D eigenvalue weighted by Crippen LogP contribution is 2.37. The first-order valence-corrected chi connectivity index (χ1v) is 9.72. The number of fused-ring (bicyclic) bond motifs is 1. The summed E-state index contributed by atoms with van der Waals surface area (Å²) in [6.07, 6.45) is 6.89. The van der Waals surface area contributed by atoms with Gasteiger partial charge in [-0.3, -0.25) is 10.3 Å². The summed E-state index contributed by atoms with van der Waals surface area (Å²) < 4.78 is 1.60. The van der Waals surface area contributed by atoms with Crippen molar-refractivity contribution in [2.75, 3.05) is 18.4 Å². The molecule has 3 heterocycles. The number of likely N-dealkylation sites (tertiary alicyclic amines) is 1. The second kappa shape index (κ2) is 7.50. The normalized spacial score (nSPS) is 20.8. The van der Waals surface area contributed by atoms with E-state index < -0.39 is 0 Å². The maximum absolute atomic E-state index is 7.93. The van der Waals surface area contributed by atoms with Crippen LogP contribution in [0.15, 0.2) is 30.3 Å². The van der Waals surface area contributed by atoms with Gasteiger partial charge >= 0.3 is 0 Å². The smallest absolute Gasteiger partial charge is 0.215 e. The Morgan fingerprint density at radius 2 is 2.04 bits per heavy atom. The molecule has 2 aliphatic rings. The van der Waals surface area contributed by atoms with Gasteiger partial charge in [-0.15, -0.1) is 0 Å². The first-order chi connectivity index (χ1) is 12.7. The summed E-state index contributed by atoms with van der Waals surface area (Å²) in [4.78, 5) is 2.55. The summed E-state index contributed by atoms with van der Waals surface area (Å²) >= 11 is 0. The first kappa shape index (κ1) is 17.1. The maximum Gasteiger partial charge on any atom is 0.215 e. The molecule has 0 bridgehead atoms. The number of nitrogen functional groups attached to an aromatic ring is 1. The lowest BCUT2D eigenvalue weighted by Crippen LogP contribution is -2.34. The van der Waals surface area contributed by atoms with E-state index in [9.17, 15) is 0 Å². The summed E-state index contributed by atoms with van der Waals surface area (Å²) in [5.74, 6) is 0.933. The fourth-order valence-electron chi connectivity index (χ4n) is 4.28. The molecule has 138 valence electrons. The zero-order valence-corrected chi connectivity index (χ0v) is 15.2. The molecular formula is C20H28N6. The van der Waals surface area contributed by atoms with Crippen molar-refractivity contribution in [3.8, 4) is 0 Å². The monoisotopic (exact) mass is 352 g/mol. The molecule has 26 heavy (non-hydrogen) atoms. The molecule has 0 radical (unpaired) electrons. The van der Waals surface area contributed by atoms with E-state index in [4.69, 9.17) is 16.2 Å². The maximum atomic E-state index is 7.93. The van der Waals surface area contributed by atoms with Crippen LogP contribution in [-0.2, 0) is 13.0 Å². The topological polar surface area (TPSA) is 83.0 Å². The van der Waals surface area contributed by atoms with Crippen LogP contribution in [0.3, 0.4) is 0 Å². The Hall–Kier alpha value is -2.34. The summed E-state index contributed by atoms with van der Waals surface area (Å²) in [5.41, 5.74) is 9.55. The van der Waals surface area contributed by atoms with Gasteiger partial charge in [-0.05, 0) is 44.2 Å². The zero-order valence-electron chi connectivity index (χ0n) is 15.2. The lowest BCUT2D eigenvalue weighted by atomic mass is 9.94. The number of nitrogens with zero attached hydrogens (tertiary/aromatic N) is 3. The Balaban J connectivity index is 1.69. The van der Waals surface area contributed by atoms with Gasteiger partial charge in [0.15, 0.2) is 0 Å². The van der Waals surface area contributed by atoms with Crippen molar-refractivity contribution in [1.82, 2.24) is 14.7 Å². The van der Waals surface area contributed by atoms with Crippen LogP contribution in [0.25, 0.3) is 0 Å². The number of hydrogen-bond acceptors (Lipinski definition) is 4. The second-order valence-electron chi connectivity index (χ2n) is 7.36. The van der Waals surface area contributed by atoms with Crippen LogP contribution in [0.2, 0.25) is 0 Å². The Morgan fingerprint density at radius 3 is 2.85 bits per heavy atom. The van der Waals surface area contributed by atoms with Crippen molar-refractivity contribution in [3.05, 3.63) is 47.2 Å². The molecule has 0 aliphatic carbocycles. The third-order valence-corrected chi connectivity index (χ3v) is 5.55. The van der Waals surface area contributed by atoms with Gasteiger partial charge in [0, 0.05) is 18.7 Å². The number of anilines is 1. The van der Waals surface area contributed by atoms with Crippen LogP contribution in [0.5, 0.6) is 0 Å². The fraction of sp³-hybridized carbons (Fsp3) is 0.500. The van der Waals surface area contributed by atoms with Crippen LogP contribution in [0.1, 0.15) is 55.0 Å². The zero-order chi connectivity index (χ0) is 17.9. The predicted molar refractivity (Wildman–Crippen MR) is 104 cm³/mol. The van der Waals surface area contributed by atoms with Gasteiger partial charge in [-0.1, -0.05) is 36.8 Å². The van der Waals surface area contributed by atoms with E-state index in [1.807, 2.05) is 0 Å². The Labute approximate surface area is 154 Å². The van der Waals surface area contributed by atoms with E-state index >= 15 is 0 Å². The molecule has 1 atom stereocenters. The van der Waals surface area contributed by atoms with Gasteiger partial charge < -0.3 is 11.1 Å². The molecule has 4 N–H and O–H groups in total. The summed E-state index contributed by atoms with van der Waals surface area (Å²) in [5, 5.41) is 16.2. The van der Waals surface area contributed by atoms with Crippen LogP contribution < -0.4 is 11.1 Å². The lowest BCUT2D eigenvalue weighted by Gasteiger charge is -2.35. The van der Waals surface area contributed by atoms with Gasteiger partial charge in [0.1, 0.15) is 5.82 Å². The highest BCUT2D eigenvalue weighted by atomic mass is 15.4. The first-order valence-electron chi connectivity index (χ1n) is 9.72. The average Bonchev–Trinajstić information content (AvgIpc) is 2.84. The van der Waals surface area contributed by atoms with E-state index in [2.05, 4.69) is 40.5 Å². The van der Waals surface area contributed by atoms with E-state index in [0.29, 0.717) is 6.04 Å². The molecule has 2 aliphatic heterocycles. The molecule has 1 aromatic carbocycles. The molecule has 0 spiro atoms. The average molecular weight is 352 g/mol. The number of rotatable bonds is 3. The minimum Gasteiger partial charge on any atom is -0.370 e. The van der Waals surface area contributed by atoms with Crippen molar-refractivity contribution in [3.63, 3.8) is 0 Å². The third kappa shape index (κ3) is 3.33. The largest absolute Gasteiger partial charge is 0.370 e. The van der Waals surface area contributed by atoms with Crippen LogP contribution in [0.4, 0.5) is 5.82 Å². The third-order valence-electron chi connectivity index (χ3n) is 5.55. The summed E-state index contributed by atoms with van der Waals surface area (Å²) in [7, 11) is 0. The number of hydrogen-bond donors (Lipinski definition) is 3. The number of benzene rings is 1. The predicted octanol–water partition coefficient (Wildman–Crippen LogP) is 3.10.